The first-order valence-electron chi connectivity index (χ1n) is 3.87. The van der Waals surface area contributed by atoms with Gasteiger partial charge in [-0.1, -0.05) is 0 Å². The van der Waals surface area contributed by atoms with E-state index in [9.17, 15) is 18.0 Å². The fourth-order valence-corrected chi connectivity index (χ4v) is 1.42. The van der Waals surface area contributed by atoms with Crippen molar-refractivity contribution < 1.29 is 23.1 Å². The van der Waals surface area contributed by atoms with Crippen LogP contribution >= 0.6 is 0 Å². The number of aliphatic carboxylic acids is 1. The van der Waals surface area contributed by atoms with Crippen molar-refractivity contribution >= 4 is 22.1 Å². The average Bonchev–Trinajstić information content (AvgIpc) is 2.01. The number of hydrogen-bond acceptors (Lipinski definition) is 4. The van der Waals surface area contributed by atoms with E-state index in [-0.39, 0.29) is 0 Å². The molecule has 0 saturated heterocycles. The van der Waals surface area contributed by atoms with E-state index < -0.39 is 34.5 Å². The zero-order valence-corrected chi connectivity index (χ0v) is 9.11. The lowest BCUT2D eigenvalue weighted by atomic mass is 10.2. The SMILES string of the molecule is CN(C)S(=O)(=O)N[C@H](CC(N)=O)C(=O)O. The van der Waals surface area contributed by atoms with E-state index in [2.05, 4.69) is 0 Å². The Morgan fingerprint density at radius 1 is 1.47 bits per heavy atom. The molecule has 0 radical (unpaired) electrons. The number of carboxylic acid groups (broad SMARTS) is 1. The molecular formula is C6H13N3O5S. The molecule has 15 heavy (non-hydrogen) atoms. The molecule has 4 N–H and O–H groups in total. The number of carboxylic acids is 1. The zero-order valence-electron chi connectivity index (χ0n) is 8.30. The van der Waals surface area contributed by atoms with E-state index in [1.807, 2.05) is 4.72 Å². The normalized spacial score (nSPS) is 13.8. The van der Waals surface area contributed by atoms with Gasteiger partial charge in [-0.05, 0) is 0 Å². The molecule has 1 atom stereocenters. The number of hydrogen-bond donors (Lipinski definition) is 3. The highest BCUT2D eigenvalue weighted by atomic mass is 32.2. The lowest BCUT2D eigenvalue weighted by molar-refractivity contribution is -0.140. The summed E-state index contributed by atoms with van der Waals surface area (Å²) in [5, 5.41) is 8.61. The van der Waals surface area contributed by atoms with Crippen molar-refractivity contribution in [1.29, 1.82) is 0 Å². The minimum absolute atomic E-state index is 0.595. The van der Waals surface area contributed by atoms with Gasteiger partial charge in [0.25, 0.3) is 10.2 Å². The molecule has 0 aliphatic heterocycles. The molecule has 0 aromatic carbocycles. The van der Waals surface area contributed by atoms with Crippen LogP contribution in [0, 0.1) is 0 Å². The molecule has 0 aromatic rings. The van der Waals surface area contributed by atoms with E-state index >= 15 is 0 Å². The Bertz CT molecular complexity index is 350. The summed E-state index contributed by atoms with van der Waals surface area (Å²) in [4.78, 5) is 21.1. The Morgan fingerprint density at radius 2 is 1.93 bits per heavy atom. The van der Waals surface area contributed by atoms with E-state index in [4.69, 9.17) is 10.8 Å². The van der Waals surface area contributed by atoms with Gasteiger partial charge < -0.3 is 10.8 Å². The van der Waals surface area contributed by atoms with Crippen LogP contribution in [-0.4, -0.2) is 49.8 Å². The number of carbonyl (C=O) groups is 2. The fourth-order valence-electron chi connectivity index (χ4n) is 0.666. The largest absolute Gasteiger partial charge is 0.480 e. The van der Waals surface area contributed by atoms with Gasteiger partial charge in [0.2, 0.25) is 5.91 Å². The molecule has 0 aliphatic carbocycles. The highest BCUT2D eigenvalue weighted by Gasteiger charge is 2.26. The van der Waals surface area contributed by atoms with Crippen molar-refractivity contribution in [3.05, 3.63) is 0 Å². The molecule has 0 aliphatic rings. The summed E-state index contributed by atoms with van der Waals surface area (Å²) in [5.41, 5.74) is 4.78. The number of primary amides is 1. The van der Waals surface area contributed by atoms with Crippen LogP contribution in [0.3, 0.4) is 0 Å². The predicted molar refractivity (Wildman–Crippen MR) is 51.0 cm³/mol. The second-order valence-electron chi connectivity index (χ2n) is 2.97. The van der Waals surface area contributed by atoms with Crippen molar-refractivity contribution in [2.24, 2.45) is 5.73 Å². The predicted octanol–water partition coefficient (Wildman–Crippen LogP) is -2.29. The van der Waals surface area contributed by atoms with Crippen molar-refractivity contribution in [2.45, 2.75) is 12.5 Å². The van der Waals surface area contributed by atoms with Crippen LogP contribution in [0.1, 0.15) is 6.42 Å². The summed E-state index contributed by atoms with van der Waals surface area (Å²) in [7, 11) is -1.44. The maximum Gasteiger partial charge on any atom is 0.322 e. The molecule has 0 aromatic heterocycles. The van der Waals surface area contributed by atoms with Gasteiger partial charge >= 0.3 is 5.97 Å². The summed E-state index contributed by atoms with van der Waals surface area (Å²) in [6, 6.07) is -1.55. The Balaban J connectivity index is 4.70. The summed E-state index contributed by atoms with van der Waals surface area (Å²) in [5.74, 6) is -2.36. The summed E-state index contributed by atoms with van der Waals surface area (Å²) in [6.45, 7) is 0. The van der Waals surface area contributed by atoms with Crippen molar-refractivity contribution in [1.82, 2.24) is 9.03 Å². The minimum atomic E-state index is -3.89. The molecule has 8 nitrogen and oxygen atoms in total. The van der Waals surface area contributed by atoms with Crippen LogP contribution < -0.4 is 10.5 Å². The first-order valence-corrected chi connectivity index (χ1v) is 5.31. The van der Waals surface area contributed by atoms with Crippen LogP contribution in [0.4, 0.5) is 0 Å². The van der Waals surface area contributed by atoms with E-state index in [0.717, 1.165) is 4.31 Å². The molecule has 1 amide bonds. The standard InChI is InChI=1S/C6H13N3O5S/c1-9(2)15(13,14)8-4(6(11)12)3-5(7)10/h4,8H,3H2,1-2H3,(H2,7,10)(H,11,12)/t4-/m1/s1. The first-order chi connectivity index (χ1) is 6.66. The Morgan fingerprint density at radius 3 is 2.20 bits per heavy atom. The second kappa shape index (κ2) is 5.05. The Labute approximate surface area is 87.2 Å². The molecule has 0 unspecified atom stereocenters. The lowest BCUT2D eigenvalue weighted by Crippen LogP contribution is -2.47. The smallest absolute Gasteiger partial charge is 0.322 e. The topological polar surface area (TPSA) is 130 Å². The van der Waals surface area contributed by atoms with Crippen LogP contribution in [-0.2, 0) is 19.8 Å². The molecular weight excluding hydrogens is 226 g/mol. The Kier molecular flexibility index (Phi) is 4.65. The average molecular weight is 239 g/mol. The van der Waals surface area contributed by atoms with Gasteiger partial charge in [-0.2, -0.15) is 17.4 Å². The van der Waals surface area contributed by atoms with Gasteiger partial charge in [0.15, 0.2) is 0 Å². The number of nitrogens with zero attached hydrogens (tertiary/aromatic N) is 1. The zero-order chi connectivity index (χ0) is 12.2. The molecule has 0 heterocycles. The van der Waals surface area contributed by atoms with Crippen LogP contribution in [0.15, 0.2) is 0 Å². The summed E-state index contributed by atoms with van der Waals surface area (Å²) in [6.07, 6.45) is -0.595. The summed E-state index contributed by atoms with van der Waals surface area (Å²) >= 11 is 0. The van der Waals surface area contributed by atoms with Crippen LogP contribution in [0.2, 0.25) is 0 Å². The van der Waals surface area contributed by atoms with Crippen LogP contribution in [0.5, 0.6) is 0 Å². The van der Waals surface area contributed by atoms with Gasteiger partial charge in [-0.15, -0.1) is 0 Å². The molecule has 0 saturated carbocycles. The van der Waals surface area contributed by atoms with Gasteiger partial charge in [0.1, 0.15) is 6.04 Å². The molecule has 0 rings (SSSR count). The maximum absolute atomic E-state index is 11.2. The van der Waals surface area contributed by atoms with Gasteiger partial charge in [0, 0.05) is 14.1 Å². The molecule has 9 heteroatoms. The Hall–Kier alpha value is -1.19. The van der Waals surface area contributed by atoms with E-state index in [1.54, 1.807) is 0 Å². The number of carbonyl (C=O) groups excluding carboxylic acids is 1. The van der Waals surface area contributed by atoms with Gasteiger partial charge in [-0.25, -0.2) is 0 Å². The third kappa shape index (κ3) is 4.72. The number of nitrogens with one attached hydrogen (secondary N) is 1. The summed E-state index contributed by atoms with van der Waals surface area (Å²) < 4.78 is 25.1. The van der Waals surface area contributed by atoms with Gasteiger partial charge in [-0.3, -0.25) is 9.59 Å². The highest BCUT2D eigenvalue weighted by Crippen LogP contribution is 1.97. The van der Waals surface area contributed by atoms with E-state index in [0.29, 0.717) is 0 Å². The molecule has 0 spiro atoms. The van der Waals surface area contributed by atoms with Crippen molar-refractivity contribution in [2.75, 3.05) is 14.1 Å². The monoisotopic (exact) mass is 239 g/mol. The number of rotatable bonds is 6. The van der Waals surface area contributed by atoms with Crippen LogP contribution in [0.25, 0.3) is 0 Å². The van der Waals surface area contributed by atoms with Crippen molar-refractivity contribution in [3.63, 3.8) is 0 Å². The van der Waals surface area contributed by atoms with E-state index in [1.165, 1.54) is 14.1 Å². The third-order valence-corrected chi connectivity index (χ3v) is 3.02. The number of amides is 1. The molecule has 0 bridgehead atoms. The molecule has 0 fully saturated rings. The molecule has 88 valence electrons. The second-order valence-corrected chi connectivity index (χ2v) is 4.88. The minimum Gasteiger partial charge on any atom is -0.480 e. The van der Waals surface area contributed by atoms with Crippen molar-refractivity contribution in [3.8, 4) is 0 Å². The first kappa shape index (κ1) is 13.8. The lowest BCUT2D eigenvalue weighted by Gasteiger charge is -2.16. The number of nitrogens with two attached hydrogens (primary N) is 1. The fraction of sp³-hybridized carbons (Fsp3) is 0.667. The quantitative estimate of drug-likeness (QED) is 0.480. The third-order valence-electron chi connectivity index (χ3n) is 1.48. The maximum atomic E-state index is 11.2. The van der Waals surface area contributed by atoms with Gasteiger partial charge in [0.05, 0.1) is 6.42 Å². The highest BCUT2D eigenvalue weighted by molar-refractivity contribution is 7.87.